The zero-order valence-electron chi connectivity index (χ0n) is 17.7. The van der Waals surface area contributed by atoms with Crippen LogP contribution in [0, 0.1) is 20.2 Å². The highest BCUT2D eigenvalue weighted by molar-refractivity contribution is 6.06. The summed E-state index contributed by atoms with van der Waals surface area (Å²) < 4.78 is 5.49. The first-order valence-corrected chi connectivity index (χ1v) is 10.2. The van der Waals surface area contributed by atoms with Gasteiger partial charge in [-0.25, -0.2) is 0 Å². The molecule has 0 fully saturated rings. The molecule has 1 N–H and O–H groups in total. The number of nitrogens with one attached hydrogen (secondary N) is 1. The van der Waals surface area contributed by atoms with Crippen LogP contribution < -0.4 is 15.0 Å². The molecule has 0 aromatic heterocycles. The summed E-state index contributed by atoms with van der Waals surface area (Å²) in [7, 11) is 0. The molecule has 11 nitrogen and oxygen atoms in total. The average Bonchev–Trinajstić information content (AvgIpc) is 2.83. The molecular weight excluding hydrogens is 444 g/mol. The number of carbonyl (C=O) groups is 2. The normalized spacial score (nSPS) is 12.5. The third-order valence-corrected chi connectivity index (χ3v) is 5.21. The first-order valence-electron chi connectivity index (χ1n) is 10.2. The van der Waals surface area contributed by atoms with E-state index in [1.54, 1.807) is 23.1 Å². The fraction of sp³-hybridized carbons (Fsp3) is 0.130. The van der Waals surface area contributed by atoms with Gasteiger partial charge in [0.2, 0.25) is 0 Å². The Bertz CT molecular complexity index is 1260. The van der Waals surface area contributed by atoms with Crippen LogP contribution in [0.2, 0.25) is 0 Å². The van der Waals surface area contributed by atoms with E-state index >= 15 is 0 Å². The molecule has 3 aromatic carbocycles. The number of nitrogens with zero attached hydrogens (tertiary/aromatic N) is 3. The smallest absolute Gasteiger partial charge is 0.277 e. The van der Waals surface area contributed by atoms with E-state index < -0.39 is 27.1 Å². The van der Waals surface area contributed by atoms with Gasteiger partial charge in [0.05, 0.1) is 27.2 Å². The van der Waals surface area contributed by atoms with Crippen LogP contribution in [0.1, 0.15) is 15.9 Å². The van der Waals surface area contributed by atoms with Crippen molar-refractivity contribution in [1.82, 2.24) is 0 Å². The fourth-order valence-electron chi connectivity index (χ4n) is 3.55. The van der Waals surface area contributed by atoms with Gasteiger partial charge in [-0.3, -0.25) is 29.8 Å². The van der Waals surface area contributed by atoms with E-state index in [9.17, 15) is 29.8 Å². The number of nitro benzene ring substituents is 2. The van der Waals surface area contributed by atoms with Gasteiger partial charge in [-0.2, -0.15) is 0 Å². The zero-order valence-corrected chi connectivity index (χ0v) is 17.7. The minimum Gasteiger partial charge on any atom is -0.482 e. The van der Waals surface area contributed by atoms with Gasteiger partial charge < -0.3 is 15.0 Å². The van der Waals surface area contributed by atoms with Crippen molar-refractivity contribution >= 4 is 34.6 Å². The zero-order chi connectivity index (χ0) is 24.2. The summed E-state index contributed by atoms with van der Waals surface area (Å²) in [4.78, 5) is 47.4. The van der Waals surface area contributed by atoms with Gasteiger partial charge in [0.25, 0.3) is 23.2 Å². The standard InChI is InChI=1S/C23H18N4O7/c28-22-14-34-21-7-6-17(12-20(21)25(22)9-8-15-4-2-1-3-5-15)24-23(29)16-10-18(26(30)31)13-19(11-16)27(32)33/h1-7,10-13H,8-9,14H2,(H,24,29). The Labute approximate surface area is 192 Å². The van der Waals surface area contributed by atoms with Crippen LogP contribution in [0.5, 0.6) is 5.75 Å². The largest absolute Gasteiger partial charge is 0.482 e. The van der Waals surface area contributed by atoms with E-state index in [-0.39, 0.29) is 18.1 Å². The Morgan fingerprint density at radius 1 is 0.971 bits per heavy atom. The maximum absolute atomic E-state index is 12.7. The van der Waals surface area contributed by atoms with Crippen molar-refractivity contribution < 1.29 is 24.2 Å². The first kappa shape index (κ1) is 22.4. The Hall–Kier alpha value is -4.80. The molecule has 11 heteroatoms. The molecule has 0 radical (unpaired) electrons. The monoisotopic (exact) mass is 462 g/mol. The first-order chi connectivity index (χ1) is 16.3. The van der Waals surface area contributed by atoms with Crippen LogP contribution in [0.15, 0.2) is 66.7 Å². The number of benzene rings is 3. The van der Waals surface area contributed by atoms with Crippen molar-refractivity contribution in [1.29, 1.82) is 0 Å². The van der Waals surface area contributed by atoms with Crippen LogP contribution in [-0.2, 0) is 11.2 Å². The summed E-state index contributed by atoms with van der Waals surface area (Å²) in [6.45, 7) is 0.290. The van der Waals surface area contributed by atoms with Crippen LogP contribution >= 0.6 is 0 Å². The van der Waals surface area contributed by atoms with E-state index in [0.29, 0.717) is 30.1 Å². The third kappa shape index (κ3) is 4.83. The second-order valence-electron chi connectivity index (χ2n) is 7.46. The number of non-ortho nitro benzene ring substituents is 2. The molecule has 0 saturated heterocycles. The van der Waals surface area contributed by atoms with Crippen molar-refractivity contribution in [3.8, 4) is 5.75 Å². The number of hydrogen-bond acceptors (Lipinski definition) is 7. The minimum atomic E-state index is -0.809. The summed E-state index contributed by atoms with van der Waals surface area (Å²) in [5.74, 6) is -0.538. The molecule has 0 spiro atoms. The Morgan fingerprint density at radius 2 is 1.65 bits per heavy atom. The predicted molar refractivity (Wildman–Crippen MR) is 122 cm³/mol. The fourth-order valence-corrected chi connectivity index (χ4v) is 3.55. The predicted octanol–water partition coefficient (Wildman–Crippen LogP) is 3.72. The number of rotatable bonds is 7. The van der Waals surface area contributed by atoms with Crippen molar-refractivity contribution in [2.75, 3.05) is 23.4 Å². The van der Waals surface area contributed by atoms with Crippen molar-refractivity contribution in [3.05, 3.63) is 98.1 Å². The molecule has 3 aromatic rings. The molecule has 4 rings (SSSR count). The summed E-state index contributed by atoms with van der Waals surface area (Å²) in [6.07, 6.45) is 0.611. The topological polar surface area (TPSA) is 145 Å². The van der Waals surface area contributed by atoms with E-state index in [1.807, 2.05) is 30.3 Å². The molecule has 2 amide bonds. The summed E-state index contributed by atoms with van der Waals surface area (Å²) in [5.41, 5.74) is 0.426. The summed E-state index contributed by atoms with van der Waals surface area (Å²) in [6, 6.07) is 17.1. The van der Waals surface area contributed by atoms with Gasteiger partial charge in [0, 0.05) is 24.4 Å². The molecule has 0 unspecified atom stereocenters. The number of fused-ring (bicyclic) bond motifs is 1. The van der Waals surface area contributed by atoms with E-state index in [0.717, 1.165) is 23.8 Å². The summed E-state index contributed by atoms with van der Waals surface area (Å²) >= 11 is 0. The van der Waals surface area contributed by atoms with Gasteiger partial charge in [0.1, 0.15) is 5.75 Å². The van der Waals surface area contributed by atoms with E-state index in [1.165, 1.54) is 0 Å². The molecule has 34 heavy (non-hydrogen) atoms. The van der Waals surface area contributed by atoms with Crippen LogP contribution in [0.3, 0.4) is 0 Å². The van der Waals surface area contributed by atoms with Crippen molar-refractivity contribution in [3.63, 3.8) is 0 Å². The van der Waals surface area contributed by atoms with Crippen LogP contribution in [0.4, 0.5) is 22.7 Å². The third-order valence-electron chi connectivity index (χ3n) is 5.21. The molecule has 172 valence electrons. The van der Waals surface area contributed by atoms with E-state index in [4.69, 9.17) is 4.74 Å². The maximum Gasteiger partial charge on any atom is 0.277 e. The Balaban J connectivity index is 1.58. The highest BCUT2D eigenvalue weighted by atomic mass is 16.6. The molecule has 1 aliphatic heterocycles. The Morgan fingerprint density at radius 3 is 2.29 bits per heavy atom. The lowest BCUT2D eigenvalue weighted by Gasteiger charge is -2.30. The van der Waals surface area contributed by atoms with Crippen molar-refractivity contribution in [2.24, 2.45) is 0 Å². The molecule has 0 aliphatic carbocycles. The highest BCUT2D eigenvalue weighted by Gasteiger charge is 2.26. The van der Waals surface area contributed by atoms with Gasteiger partial charge in [-0.05, 0) is 30.2 Å². The lowest BCUT2D eigenvalue weighted by molar-refractivity contribution is -0.394. The number of hydrogen-bond donors (Lipinski definition) is 1. The van der Waals surface area contributed by atoms with E-state index in [2.05, 4.69) is 5.32 Å². The number of amides is 2. The number of carbonyl (C=O) groups excluding carboxylic acids is 2. The quantitative estimate of drug-likeness (QED) is 0.416. The molecule has 1 heterocycles. The maximum atomic E-state index is 12.7. The number of ether oxygens (including phenoxy) is 1. The lowest BCUT2D eigenvalue weighted by Crippen LogP contribution is -2.40. The molecular formula is C23H18N4O7. The SMILES string of the molecule is O=C(Nc1ccc2c(c1)N(CCc1ccccc1)C(=O)CO2)c1cc([N+](=O)[O-])cc([N+](=O)[O-])c1. The molecule has 1 aliphatic rings. The van der Waals surface area contributed by atoms with Gasteiger partial charge >= 0.3 is 0 Å². The molecule has 0 saturated carbocycles. The van der Waals surface area contributed by atoms with Gasteiger partial charge in [-0.1, -0.05) is 30.3 Å². The lowest BCUT2D eigenvalue weighted by atomic mass is 10.1. The number of nitro groups is 2. The second-order valence-corrected chi connectivity index (χ2v) is 7.46. The highest BCUT2D eigenvalue weighted by Crippen LogP contribution is 2.35. The molecule has 0 atom stereocenters. The number of anilines is 2. The minimum absolute atomic E-state index is 0.106. The molecule has 0 bridgehead atoms. The second kappa shape index (κ2) is 9.36. The van der Waals surface area contributed by atoms with Crippen molar-refractivity contribution in [2.45, 2.75) is 6.42 Å². The van der Waals surface area contributed by atoms with Crippen LogP contribution in [0.25, 0.3) is 0 Å². The van der Waals surface area contributed by atoms with Crippen LogP contribution in [-0.4, -0.2) is 34.8 Å². The van der Waals surface area contributed by atoms with Gasteiger partial charge in [0.15, 0.2) is 6.61 Å². The summed E-state index contributed by atoms with van der Waals surface area (Å²) in [5, 5.41) is 24.8. The van der Waals surface area contributed by atoms with Gasteiger partial charge in [-0.15, -0.1) is 0 Å². The average molecular weight is 462 g/mol. The Kier molecular flexibility index (Phi) is 6.17.